The molecule has 1 saturated heterocycles. The third-order valence-corrected chi connectivity index (χ3v) is 6.11. The van der Waals surface area contributed by atoms with E-state index >= 15 is 0 Å². The quantitative estimate of drug-likeness (QED) is 0.598. The van der Waals surface area contributed by atoms with Gasteiger partial charge in [-0.25, -0.2) is 0 Å². The van der Waals surface area contributed by atoms with Crippen molar-refractivity contribution in [3.63, 3.8) is 0 Å². The van der Waals surface area contributed by atoms with Crippen molar-refractivity contribution in [1.82, 2.24) is 10.6 Å². The Morgan fingerprint density at radius 3 is 2.60 bits per heavy atom. The molecule has 160 valence electrons. The van der Waals surface area contributed by atoms with Crippen LogP contribution in [-0.4, -0.2) is 37.5 Å². The van der Waals surface area contributed by atoms with Crippen molar-refractivity contribution >= 4 is 45.0 Å². The molecule has 0 aliphatic carbocycles. The number of rotatable bonds is 7. The van der Waals surface area contributed by atoms with E-state index in [1.807, 2.05) is 26.0 Å². The average Bonchev–Trinajstić information content (AvgIpc) is 3.19. The molecule has 0 aromatic heterocycles. The summed E-state index contributed by atoms with van der Waals surface area (Å²) in [4.78, 5) is 27.6. The molecule has 2 amide bonds. The molecule has 5 nitrogen and oxygen atoms in total. The minimum atomic E-state index is -0.587. The Morgan fingerprint density at radius 1 is 1.20 bits per heavy atom. The summed E-state index contributed by atoms with van der Waals surface area (Å²) >= 11 is 9.40. The third-order valence-electron chi connectivity index (χ3n) is 5.37. The fourth-order valence-corrected chi connectivity index (χ4v) is 4.14. The van der Waals surface area contributed by atoms with Gasteiger partial charge in [-0.3, -0.25) is 9.59 Å². The summed E-state index contributed by atoms with van der Waals surface area (Å²) in [6.45, 7) is 6.33. The van der Waals surface area contributed by atoms with Gasteiger partial charge < -0.3 is 15.5 Å². The minimum absolute atomic E-state index is 0.0250. The highest BCUT2D eigenvalue weighted by Crippen LogP contribution is 2.26. The van der Waals surface area contributed by atoms with Gasteiger partial charge >= 0.3 is 0 Å². The highest BCUT2D eigenvalue weighted by molar-refractivity contribution is 9.10. The van der Waals surface area contributed by atoms with Gasteiger partial charge in [-0.1, -0.05) is 47.4 Å². The lowest BCUT2D eigenvalue weighted by atomic mass is 10.0. The van der Waals surface area contributed by atoms with Crippen LogP contribution in [-0.2, 0) is 4.79 Å². The van der Waals surface area contributed by atoms with Crippen molar-refractivity contribution in [2.75, 3.05) is 24.5 Å². The number of benzene rings is 2. The first-order valence-electron chi connectivity index (χ1n) is 10.2. The maximum Gasteiger partial charge on any atom is 0.251 e. The van der Waals surface area contributed by atoms with Crippen LogP contribution >= 0.6 is 27.5 Å². The molecular formula is C23H27BrClN3O2. The van der Waals surface area contributed by atoms with Crippen LogP contribution in [0, 0.1) is 11.8 Å². The SMILES string of the molecule is CC(C)C(NC(=O)c1ccc(Cl)cc1)C(=O)NCC1CCN(c2cccc(Br)c2)C1. The van der Waals surface area contributed by atoms with Crippen LogP contribution in [0.5, 0.6) is 0 Å². The second-order valence-corrected chi connectivity index (χ2v) is 9.38. The standard InChI is InChI=1S/C23H27BrClN3O2/c1-15(2)21(27-22(29)17-6-8-19(25)9-7-17)23(30)26-13-16-10-11-28(14-16)20-5-3-4-18(24)12-20/h3-9,12,15-16,21H,10-11,13-14H2,1-2H3,(H,26,30)(H,27,29). The van der Waals surface area contributed by atoms with Crippen LogP contribution < -0.4 is 15.5 Å². The van der Waals surface area contributed by atoms with E-state index in [9.17, 15) is 9.59 Å². The predicted octanol–water partition coefficient (Wildman–Crippen LogP) is 4.50. The van der Waals surface area contributed by atoms with Crippen LogP contribution in [0.2, 0.25) is 5.02 Å². The zero-order valence-corrected chi connectivity index (χ0v) is 19.5. The molecule has 0 spiro atoms. The summed E-state index contributed by atoms with van der Waals surface area (Å²) in [5, 5.41) is 6.47. The van der Waals surface area contributed by atoms with E-state index in [2.05, 4.69) is 43.6 Å². The van der Waals surface area contributed by atoms with Gasteiger partial charge in [-0.05, 0) is 60.7 Å². The van der Waals surface area contributed by atoms with E-state index in [1.54, 1.807) is 24.3 Å². The van der Waals surface area contributed by atoms with Crippen molar-refractivity contribution in [2.45, 2.75) is 26.3 Å². The lowest BCUT2D eigenvalue weighted by molar-refractivity contribution is -0.124. The highest BCUT2D eigenvalue weighted by atomic mass is 79.9. The molecule has 3 rings (SSSR count). The maximum atomic E-state index is 12.8. The van der Waals surface area contributed by atoms with Gasteiger partial charge in [0.25, 0.3) is 5.91 Å². The van der Waals surface area contributed by atoms with E-state index in [0.717, 1.165) is 24.0 Å². The summed E-state index contributed by atoms with van der Waals surface area (Å²) in [6.07, 6.45) is 1.02. The van der Waals surface area contributed by atoms with E-state index in [-0.39, 0.29) is 17.7 Å². The van der Waals surface area contributed by atoms with E-state index in [4.69, 9.17) is 11.6 Å². The molecule has 2 unspecified atom stereocenters. The number of amides is 2. The zero-order chi connectivity index (χ0) is 21.7. The topological polar surface area (TPSA) is 61.4 Å². The van der Waals surface area contributed by atoms with Gasteiger partial charge in [-0.15, -0.1) is 0 Å². The van der Waals surface area contributed by atoms with E-state index < -0.39 is 6.04 Å². The van der Waals surface area contributed by atoms with Crippen molar-refractivity contribution in [1.29, 1.82) is 0 Å². The second kappa shape index (κ2) is 10.3. The maximum absolute atomic E-state index is 12.8. The van der Waals surface area contributed by atoms with E-state index in [0.29, 0.717) is 23.0 Å². The molecule has 30 heavy (non-hydrogen) atoms. The summed E-state index contributed by atoms with van der Waals surface area (Å²) in [7, 11) is 0. The van der Waals surface area contributed by atoms with E-state index in [1.165, 1.54) is 5.69 Å². The Balaban J connectivity index is 1.53. The monoisotopic (exact) mass is 491 g/mol. The summed E-state index contributed by atoms with van der Waals surface area (Å²) in [5.41, 5.74) is 1.67. The predicted molar refractivity (Wildman–Crippen MR) is 125 cm³/mol. The first kappa shape index (κ1) is 22.6. The summed E-state index contributed by atoms with van der Waals surface area (Å²) in [5.74, 6) is -0.0638. The van der Waals surface area contributed by atoms with Gasteiger partial charge in [-0.2, -0.15) is 0 Å². The number of nitrogens with zero attached hydrogens (tertiary/aromatic N) is 1. The molecular weight excluding hydrogens is 466 g/mol. The van der Waals surface area contributed by atoms with Gasteiger partial charge in [0.1, 0.15) is 6.04 Å². The lowest BCUT2D eigenvalue weighted by Crippen LogP contribution is -2.50. The zero-order valence-electron chi connectivity index (χ0n) is 17.2. The first-order valence-corrected chi connectivity index (χ1v) is 11.3. The second-order valence-electron chi connectivity index (χ2n) is 8.03. The largest absolute Gasteiger partial charge is 0.371 e. The van der Waals surface area contributed by atoms with Gasteiger partial charge in [0.2, 0.25) is 5.91 Å². The summed E-state index contributed by atoms with van der Waals surface area (Å²) < 4.78 is 1.06. The molecule has 1 aliphatic heterocycles. The molecule has 0 bridgehead atoms. The van der Waals surface area contributed by atoms with Crippen molar-refractivity contribution in [2.24, 2.45) is 11.8 Å². The molecule has 1 heterocycles. The Hall–Kier alpha value is -2.05. The fraction of sp³-hybridized carbons (Fsp3) is 0.391. The number of nitrogens with one attached hydrogen (secondary N) is 2. The van der Waals surface area contributed by atoms with Gasteiger partial charge in [0.15, 0.2) is 0 Å². The van der Waals surface area contributed by atoms with Crippen LogP contribution in [0.1, 0.15) is 30.6 Å². The Kier molecular flexibility index (Phi) is 7.78. The number of carbonyl (C=O) groups excluding carboxylic acids is 2. The van der Waals surface area contributed by atoms with Crippen molar-refractivity contribution in [3.05, 3.63) is 63.6 Å². The normalized spacial score (nSPS) is 17.1. The van der Waals surface area contributed by atoms with Crippen molar-refractivity contribution < 1.29 is 9.59 Å². The number of hydrogen-bond donors (Lipinski definition) is 2. The molecule has 2 atom stereocenters. The Labute approximate surface area is 191 Å². The molecule has 2 aromatic carbocycles. The van der Waals surface area contributed by atoms with Crippen LogP contribution in [0.4, 0.5) is 5.69 Å². The fourth-order valence-electron chi connectivity index (χ4n) is 3.62. The minimum Gasteiger partial charge on any atom is -0.371 e. The Bertz CT molecular complexity index is 888. The number of hydrogen-bond acceptors (Lipinski definition) is 3. The first-order chi connectivity index (χ1) is 14.3. The number of anilines is 1. The molecule has 2 aromatic rings. The molecule has 1 aliphatic rings. The molecule has 1 fully saturated rings. The van der Waals surface area contributed by atoms with Crippen molar-refractivity contribution in [3.8, 4) is 0 Å². The lowest BCUT2D eigenvalue weighted by Gasteiger charge is -2.23. The van der Waals surface area contributed by atoms with Crippen LogP contribution in [0.15, 0.2) is 53.0 Å². The van der Waals surface area contributed by atoms with Gasteiger partial charge in [0, 0.05) is 40.4 Å². The smallest absolute Gasteiger partial charge is 0.251 e. The summed E-state index contributed by atoms with van der Waals surface area (Å²) in [6, 6.07) is 14.3. The highest BCUT2D eigenvalue weighted by Gasteiger charge is 2.27. The molecule has 0 saturated carbocycles. The third kappa shape index (κ3) is 5.99. The molecule has 2 N–H and O–H groups in total. The van der Waals surface area contributed by atoms with Crippen LogP contribution in [0.25, 0.3) is 0 Å². The van der Waals surface area contributed by atoms with Gasteiger partial charge in [0.05, 0.1) is 0 Å². The average molecular weight is 493 g/mol. The molecule has 7 heteroatoms. The van der Waals surface area contributed by atoms with Crippen LogP contribution in [0.3, 0.4) is 0 Å². The Morgan fingerprint density at radius 2 is 1.93 bits per heavy atom. The molecule has 0 radical (unpaired) electrons. The number of halogens is 2. The number of carbonyl (C=O) groups is 2.